The van der Waals surface area contributed by atoms with Gasteiger partial charge >= 0.3 is 0 Å². The molecule has 2 heterocycles. The summed E-state index contributed by atoms with van der Waals surface area (Å²) >= 11 is 0. The van der Waals surface area contributed by atoms with E-state index in [9.17, 15) is 13.5 Å². The summed E-state index contributed by atoms with van der Waals surface area (Å²) in [6.45, 7) is 2.27. The molecule has 0 spiro atoms. The number of sulfonamides is 1. The Hall–Kier alpha value is -1.57. The summed E-state index contributed by atoms with van der Waals surface area (Å²) in [7, 11) is -3.61. The van der Waals surface area contributed by atoms with Gasteiger partial charge in [0.25, 0.3) is 0 Å². The lowest BCUT2D eigenvalue weighted by Crippen LogP contribution is -2.63. The van der Waals surface area contributed by atoms with Gasteiger partial charge in [-0.2, -0.15) is 4.31 Å². The molecule has 2 aromatic rings. The normalized spacial score (nSPS) is 18.8. The molecule has 4 N–H and O–H groups in total. The first-order valence-corrected chi connectivity index (χ1v) is 8.39. The lowest BCUT2D eigenvalue weighted by molar-refractivity contribution is -0.0653. The minimum Gasteiger partial charge on any atom is -0.399 e. The molecule has 0 saturated carbocycles. The van der Waals surface area contributed by atoms with Crippen LogP contribution in [0, 0.1) is 0 Å². The number of nitrogens with zero attached hydrogens (tertiary/aromatic N) is 1. The highest BCUT2D eigenvalue weighted by atomic mass is 32.2. The smallest absolute Gasteiger partial charge is 0.245 e. The van der Waals surface area contributed by atoms with Crippen molar-refractivity contribution < 1.29 is 13.5 Å². The van der Waals surface area contributed by atoms with Crippen molar-refractivity contribution in [2.75, 3.05) is 18.8 Å². The molecule has 114 valence electrons. The molecular formula is C14H19N3O3S. The highest BCUT2D eigenvalue weighted by molar-refractivity contribution is 7.89. The average molecular weight is 309 g/mol. The Balaban J connectivity index is 1.94. The van der Waals surface area contributed by atoms with Crippen LogP contribution in [0.15, 0.2) is 29.3 Å². The first kappa shape index (κ1) is 14.4. The Kier molecular flexibility index (Phi) is 3.23. The summed E-state index contributed by atoms with van der Waals surface area (Å²) in [4.78, 5) is 3.16. The fraction of sp³-hybridized carbons (Fsp3) is 0.429. The van der Waals surface area contributed by atoms with Gasteiger partial charge in [-0.15, -0.1) is 0 Å². The Morgan fingerprint density at radius 3 is 2.81 bits per heavy atom. The molecule has 0 unspecified atom stereocenters. The molecule has 1 saturated heterocycles. The van der Waals surface area contributed by atoms with Gasteiger partial charge in [-0.3, -0.25) is 0 Å². The zero-order valence-corrected chi connectivity index (χ0v) is 12.7. The minimum absolute atomic E-state index is 0.151. The monoisotopic (exact) mass is 309 g/mol. The summed E-state index contributed by atoms with van der Waals surface area (Å²) < 4.78 is 26.6. The van der Waals surface area contributed by atoms with E-state index in [4.69, 9.17) is 5.73 Å². The molecule has 1 aliphatic heterocycles. The van der Waals surface area contributed by atoms with Crippen molar-refractivity contribution in [2.45, 2.75) is 30.3 Å². The van der Waals surface area contributed by atoms with Crippen LogP contribution < -0.4 is 5.73 Å². The van der Waals surface area contributed by atoms with Crippen LogP contribution in [0.5, 0.6) is 0 Å². The SMILES string of the molecule is CCCC1(O)CN(S(=O)(=O)c2c[nH]c3ccc(N)cc23)C1. The number of benzene rings is 1. The van der Waals surface area contributed by atoms with E-state index in [-0.39, 0.29) is 18.0 Å². The van der Waals surface area contributed by atoms with E-state index in [1.807, 2.05) is 6.92 Å². The number of hydrogen-bond acceptors (Lipinski definition) is 4. The molecule has 0 radical (unpaired) electrons. The molecule has 21 heavy (non-hydrogen) atoms. The van der Waals surface area contributed by atoms with Gasteiger partial charge in [0.15, 0.2) is 0 Å². The summed E-state index contributed by atoms with van der Waals surface area (Å²) in [5.41, 5.74) is 6.10. The van der Waals surface area contributed by atoms with Crippen LogP contribution in [0.4, 0.5) is 5.69 Å². The van der Waals surface area contributed by atoms with E-state index in [0.717, 1.165) is 11.9 Å². The highest BCUT2D eigenvalue weighted by Gasteiger charge is 2.47. The van der Waals surface area contributed by atoms with Crippen LogP contribution in [0.1, 0.15) is 19.8 Å². The van der Waals surface area contributed by atoms with Gasteiger partial charge in [0.05, 0.1) is 5.60 Å². The van der Waals surface area contributed by atoms with Gasteiger partial charge in [0, 0.05) is 35.9 Å². The molecule has 1 aromatic heterocycles. The number of nitrogens with one attached hydrogen (secondary N) is 1. The molecule has 3 rings (SSSR count). The number of H-pyrrole nitrogens is 1. The van der Waals surface area contributed by atoms with E-state index in [0.29, 0.717) is 17.5 Å². The number of rotatable bonds is 4. The molecule has 0 atom stereocenters. The number of anilines is 1. The quantitative estimate of drug-likeness (QED) is 0.741. The van der Waals surface area contributed by atoms with Crippen molar-refractivity contribution in [3.8, 4) is 0 Å². The summed E-state index contributed by atoms with van der Waals surface area (Å²) in [6, 6.07) is 5.13. The zero-order chi connectivity index (χ0) is 15.3. The van der Waals surface area contributed by atoms with Crippen LogP contribution in [0.25, 0.3) is 10.9 Å². The topological polar surface area (TPSA) is 99.4 Å². The number of aliphatic hydroxyl groups is 1. The predicted octanol–water partition coefficient (Wildman–Crippen LogP) is 1.29. The molecule has 0 aliphatic carbocycles. The second-order valence-corrected chi connectivity index (χ2v) is 7.61. The molecule has 7 heteroatoms. The van der Waals surface area contributed by atoms with Gasteiger partial charge in [-0.25, -0.2) is 8.42 Å². The van der Waals surface area contributed by atoms with Crippen molar-refractivity contribution >= 4 is 26.6 Å². The van der Waals surface area contributed by atoms with Crippen LogP contribution >= 0.6 is 0 Å². The Bertz CT molecular complexity index is 776. The summed E-state index contributed by atoms with van der Waals surface area (Å²) in [5, 5.41) is 10.7. The number of nitrogens with two attached hydrogens (primary N) is 1. The third-order valence-corrected chi connectivity index (χ3v) is 5.77. The molecule has 1 aromatic carbocycles. The number of aromatic nitrogens is 1. The van der Waals surface area contributed by atoms with Crippen molar-refractivity contribution in [1.29, 1.82) is 0 Å². The number of fused-ring (bicyclic) bond motifs is 1. The summed E-state index contributed by atoms with van der Waals surface area (Å²) in [6.07, 6.45) is 2.92. The van der Waals surface area contributed by atoms with Gasteiger partial charge < -0.3 is 15.8 Å². The third-order valence-electron chi connectivity index (χ3n) is 3.94. The number of β-amino-alcohol motifs (C(OH)–C–C–N with tert-alkyl or cyclic N) is 1. The van der Waals surface area contributed by atoms with Crippen molar-refractivity contribution in [1.82, 2.24) is 9.29 Å². The third kappa shape index (κ3) is 2.31. The van der Waals surface area contributed by atoms with E-state index >= 15 is 0 Å². The first-order chi connectivity index (χ1) is 9.86. The first-order valence-electron chi connectivity index (χ1n) is 6.95. The van der Waals surface area contributed by atoms with Gasteiger partial charge in [-0.1, -0.05) is 13.3 Å². The summed E-state index contributed by atoms with van der Waals surface area (Å²) in [5.74, 6) is 0. The van der Waals surface area contributed by atoms with Crippen LogP contribution in [-0.2, 0) is 10.0 Å². The van der Waals surface area contributed by atoms with Gasteiger partial charge in [0.1, 0.15) is 4.90 Å². The fourth-order valence-corrected chi connectivity index (χ4v) is 4.62. The predicted molar refractivity (Wildman–Crippen MR) is 81.3 cm³/mol. The second kappa shape index (κ2) is 4.72. The number of nitrogen functional groups attached to an aromatic ring is 1. The van der Waals surface area contributed by atoms with Crippen LogP contribution in [0.2, 0.25) is 0 Å². The van der Waals surface area contributed by atoms with Crippen molar-refractivity contribution in [3.05, 3.63) is 24.4 Å². The maximum Gasteiger partial charge on any atom is 0.245 e. The average Bonchev–Trinajstić information content (AvgIpc) is 2.79. The Morgan fingerprint density at radius 1 is 1.43 bits per heavy atom. The molecule has 0 bridgehead atoms. The molecule has 6 nitrogen and oxygen atoms in total. The molecule has 0 amide bonds. The van der Waals surface area contributed by atoms with Gasteiger partial charge in [-0.05, 0) is 24.6 Å². The maximum absolute atomic E-state index is 12.6. The number of hydrogen-bond donors (Lipinski definition) is 3. The second-order valence-electron chi connectivity index (χ2n) is 5.71. The lowest BCUT2D eigenvalue weighted by Gasteiger charge is -2.45. The largest absolute Gasteiger partial charge is 0.399 e. The lowest BCUT2D eigenvalue weighted by atomic mass is 9.92. The van der Waals surface area contributed by atoms with E-state index in [1.165, 1.54) is 10.5 Å². The van der Waals surface area contributed by atoms with E-state index in [1.54, 1.807) is 18.2 Å². The molecular weight excluding hydrogens is 290 g/mol. The number of aromatic amines is 1. The molecule has 1 fully saturated rings. The van der Waals surface area contributed by atoms with Gasteiger partial charge in [0.2, 0.25) is 10.0 Å². The zero-order valence-electron chi connectivity index (χ0n) is 11.8. The highest BCUT2D eigenvalue weighted by Crippen LogP contribution is 2.34. The van der Waals surface area contributed by atoms with E-state index in [2.05, 4.69) is 4.98 Å². The Labute approximate surface area is 123 Å². The maximum atomic E-state index is 12.6. The van der Waals surface area contributed by atoms with Crippen LogP contribution in [-0.4, -0.2) is 41.5 Å². The standard InChI is InChI=1S/C14H19N3O3S/c1-2-5-14(18)8-17(9-14)21(19,20)13-7-16-12-4-3-10(15)6-11(12)13/h3-4,6-7,16,18H,2,5,8-9,15H2,1H3. The fourth-order valence-electron chi connectivity index (χ4n) is 2.87. The van der Waals surface area contributed by atoms with Crippen LogP contribution in [0.3, 0.4) is 0 Å². The van der Waals surface area contributed by atoms with Crippen molar-refractivity contribution in [2.24, 2.45) is 0 Å². The van der Waals surface area contributed by atoms with Crippen molar-refractivity contribution in [3.63, 3.8) is 0 Å². The van der Waals surface area contributed by atoms with E-state index < -0.39 is 15.6 Å². The minimum atomic E-state index is -3.61. The Morgan fingerprint density at radius 2 is 2.14 bits per heavy atom. The molecule has 1 aliphatic rings.